The molecule has 1 aliphatic carbocycles. The number of hydrogen-bond acceptors (Lipinski definition) is 1. The zero-order valence-electron chi connectivity index (χ0n) is 9.65. The molecule has 2 amide bonds. The first-order valence-corrected chi connectivity index (χ1v) is 8.26. The molecule has 4 heteroatoms. The summed E-state index contributed by atoms with van der Waals surface area (Å²) >= 11 is 0.634. The van der Waals surface area contributed by atoms with Crippen LogP contribution < -0.4 is 10.6 Å². The summed E-state index contributed by atoms with van der Waals surface area (Å²) in [7, 11) is 1.68. The maximum atomic E-state index is 11.1. The van der Waals surface area contributed by atoms with Crippen LogP contribution in [0.3, 0.4) is 0 Å². The van der Waals surface area contributed by atoms with Gasteiger partial charge in [0.25, 0.3) is 0 Å². The van der Waals surface area contributed by atoms with E-state index in [2.05, 4.69) is 10.6 Å². The van der Waals surface area contributed by atoms with Crippen molar-refractivity contribution in [2.45, 2.75) is 49.0 Å². The Morgan fingerprint density at radius 3 is 2.14 bits per heavy atom. The minimum atomic E-state index is -0.00750. The summed E-state index contributed by atoms with van der Waals surface area (Å²) < 4.78 is 0.234. The van der Waals surface area contributed by atoms with Crippen LogP contribution in [0.1, 0.15) is 46.0 Å². The molecule has 0 aromatic carbocycles. The molecule has 1 saturated carbocycles. The van der Waals surface area contributed by atoms with Gasteiger partial charge in [-0.05, 0) is 0 Å². The van der Waals surface area contributed by atoms with E-state index in [-0.39, 0.29) is 9.08 Å². The molecule has 79 valence electrons. The average molecular weight is 386 g/mol. The van der Waals surface area contributed by atoms with E-state index in [9.17, 15) is 4.79 Å². The van der Waals surface area contributed by atoms with Gasteiger partial charge in [0, 0.05) is 0 Å². The number of nitrogens with one attached hydrogen (secondary N) is 2. The summed E-state index contributed by atoms with van der Waals surface area (Å²) in [6.45, 7) is 4.00. The van der Waals surface area contributed by atoms with Gasteiger partial charge in [-0.1, -0.05) is 13.8 Å². The standard InChI is InChI=1S/C8H15N2O.C2H6.Hg/c1-9-8(11)10-7-5-3-2-4-6-7;1-2;/h2-6H2,1H3,(H2,9,10,11);1-2H3;. The van der Waals surface area contributed by atoms with Crippen LogP contribution in [0, 0.1) is 0 Å². The van der Waals surface area contributed by atoms with Crippen LogP contribution in [-0.4, -0.2) is 16.1 Å². The molecule has 1 aliphatic rings. The zero-order chi connectivity index (χ0) is 11.0. The Balaban J connectivity index is 0.000000791. The number of amides is 2. The summed E-state index contributed by atoms with van der Waals surface area (Å²) in [5, 5.41) is 5.70. The van der Waals surface area contributed by atoms with Gasteiger partial charge in [0.05, 0.1) is 0 Å². The average Bonchev–Trinajstić information content (AvgIpc) is 2.21. The molecule has 0 aromatic rings. The van der Waals surface area contributed by atoms with Gasteiger partial charge in [-0.2, -0.15) is 0 Å². The van der Waals surface area contributed by atoms with Crippen LogP contribution in [0.5, 0.6) is 0 Å². The molecule has 1 fully saturated rings. The molecule has 0 bridgehead atoms. The van der Waals surface area contributed by atoms with Crippen molar-refractivity contribution in [3.8, 4) is 0 Å². The topological polar surface area (TPSA) is 41.1 Å². The van der Waals surface area contributed by atoms with Gasteiger partial charge in [-0.15, -0.1) is 0 Å². The third-order valence-electron chi connectivity index (χ3n) is 2.42. The van der Waals surface area contributed by atoms with Crippen molar-refractivity contribution >= 4 is 6.03 Å². The first-order valence-electron chi connectivity index (χ1n) is 5.51. The van der Waals surface area contributed by atoms with Crippen molar-refractivity contribution in [1.29, 1.82) is 0 Å². The fourth-order valence-electron chi connectivity index (χ4n) is 1.66. The summed E-state index contributed by atoms with van der Waals surface area (Å²) in [6, 6.07) is -0.00750. The number of carbonyl (C=O) groups is 1. The van der Waals surface area contributed by atoms with Gasteiger partial charge < -0.3 is 0 Å². The molecule has 1 rings (SSSR count). The van der Waals surface area contributed by atoms with Gasteiger partial charge in [0.2, 0.25) is 0 Å². The van der Waals surface area contributed by atoms with E-state index in [0.717, 1.165) is 0 Å². The van der Waals surface area contributed by atoms with Crippen LogP contribution in [0.4, 0.5) is 4.79 Å². The van der Waals surface area contributed by atoms with Crippen LogP contribution in [0.2, 0.25) is 0 Å². The van der Waals surface area contributed by atoms with Gasteiger partial charge in [-0.3, -0.25) is 0 Å². The third-order valence-corrected chi connectivity index (χ3v) is 5.85. The first-order chi connectivity index (χ1) is 6.66. The van der Waals surface area contributed by atoms with Crippen molar-refractivity contribution in [1.82, 2.24) is 10.6 Å². The van der Waals surface area contributed by atoms with Gasteiger partial charge in [0.15, 0.2) is 0 Å². The van der Waals surface area contributed by atoms with E-state index in [0.29, 0.717) is 26.1 Å². The van der Waals surface area contributed by atoms with Gasteiger partial charge in [0.1, 0.15) is 0 Å². The molecule has 0 saturated heterocycles. The Labute approximate surface area is 103 Å². The second-order valence-electron chi connectivity index (χ2n) is 3.55. The normalized spacial score (nSPS) is 18.9. The van der Waals surface area contributed by atoms with E-state index in [1.54, 1.807) is 7.05 Å². The molecule has 0 atom stereocenters. The molecule has 0 unspecified atom stereocenters. The monoisotopic (exact) mass is 387 g/mol. The second-order valence-corrected chi connectivity index (χ2v) is 8.81. The van der Waals surface area contributed by atoms with Gasteiger partial charge >= 0.3 is 89.8 Å². The first kappa shape index (κ1) is 14.2. The number of carbonyl (C=O) groups excluding carboxylic acids is 1. The Morgan fingerprint density at radius 2 is 1.71 bits per heavy atom. The van der Waals surface area contributed by atoms with Crippen molar-refractivity contribution in [2.75, 3.05) is 7.05 Å². The third kappa shape index (κ3) is 5.18. The molecule has 0 aliphatic heterocycles. The Morgan fingerprint density at radius 1 is 1.21 bits per heavy atom. The number of rotatable bonds is 1. The van der Waals surface area contributed by atoms with Crippen molar-refractivity contribution in [3.05, 3.63) is 0 Å². The Kier molecular flexibility index (Phi) is 7.60. The molecule has 0 heterocycles. The number of urea groups is 1. The van der Waals surface area contributed by atoms with Crippen molar-refractivity contribution < 1.29 is 30.9 Å². The van der Waals surface area contributed by atoms with Crippen LogP contribution in [0.15, 0.2) is 0 Å². The van der Waals surface area contributed by atoms with Crippen molar-refractivity contribution in [3.63, 3.8) is 0 Å². The van der Waals surface area contributed by atoms with Crippen LogP contribution in [-0.2, 0) is 26.1 Å². The SMILES string of the molecule is CC.CNC(=O)N[C]1([Hg])CCCCC1. The quantitative estimate of drug-likeness (QED) is 0.667. The zero-order valence-corrected chi connectivity index (χ0v) is 15.1. The summed E-state index contributed by atoms with van der Waals surface area (Å²) in [5.74, 6) is 0. The summed E-state index contributed by atoms with van der Waals surface area (Å²) in [6.07, 6.45) is 6.31. The Bertz CT molecular complexity index is 168. The van der Waals surface area contributed by atoms with E-state index in [1.807, 2.05) is 13.8 Å². The fraction of sp³-hybridized carbons (Fsp3) is 0.900. The van der Waals surface area contributed by atoms with Crippen molar-refractivity contribution in [2.24, 2.45) is 0 Å². The molecule has 0 aromatic heterocycles. The molecular weight excluding hydrogens is 365 g/mol. The second kappa shape index (κ2) is 7.49. The predicted molar refractivity (Wildman–Crippen MR) is 54.8 cm³/mol. The molecule has 0 spiro atoms. The van der Waals surface area contributed by atoms with Crippen LogP contribution >= 0.6 is 0 Å². The maximum absolute atomic E-state index is 11.1. The molecule has 2 N–H and O–H groups in total. The molecule has 14 heavy (non-hydrogen) atoms. The van der Waals surface area contributed by atoms with E-state index in [1.165, 1.54) is 32.1 Å². The van der Waals surface area contributed by atoms with Crippen LogP contribution in [0.25, 0.3) is 0 Å². The minimum absolute atomic E-state index is 0.00750. The fourth-order valence-corrected chi connectivity index (χ4v) is 4.22. The Hall–Kier alpha value is 0.205. The van der Waals surface area contributed by atoms with E-state index in [4.69, 9.17) is 0 Å². The predicted octanol–water partition coefficient (Wildman–Crippen LogP) is 2.15. The van der Waals surface area contributed by atoms with E-state index < -0.39 is 0 Å². The molecule has 3 nitrogen and oxygen atoms in total. The number of hydrogen-bond donors (Lipinski definition) is 2. The van der Waals surface area contributed by atoms with Gasteiger partial charge in [-0.25, -0.2) is 0 Å². The summed E-state index contributed by atoms with van der Waals surface area (Å²) in [5.41, 5.74) is 0. The molecule has 0 radical (unpaired) electrons. The summed E-state index contributed by atoms with van der Waals surface area (Å²) in [4.78, 5) is 11.1. The van der Waals surface area contributed by atoms with E-state index >= 15 is 0 Å². The molecular formula is C10H21HgN2O.